The summed E-state index contributed by atoms with van der Waals surface area (Å²) < 4.78 is 5.97. The predicted molar refractivity (Wildman–Crippen MR) is 132 cm³/mol. The molecule has 172 valence electrons. The first kappa shape index (κ1) is 21.9. The first-order chi connectivity index (χ1) is 16.5. The van der Waals surface area contributed by atoms with Crippen LogP contribution in [0.25, 0.3) is 10.9 Å². The number of carbonyl (C=O) groups excluding carboxylic acids is 1. The van der Waals surface area contributed by atoms with Gasteiger partial charge < -0.3 is 19.6 Å². The molecule has 4 aromatic rings. The van der Waals surface area contributed by atoms with E-state index in [1.165, 1.54) is 6.07 Å². The number of hydrogen-bond donors (Lipinski definition) is 1. The molecule has 0 unspecified atom stereocenters. The molecule has 0 aliphatic carbocycles. The van der Waals surface area contributed by atoms with Crippen LogP contribution < -0.4 is 14.5 Å². The third-order valence-corrected chi connectivity index (χ3v) is 5.99. The van der Waals surface area contributed by atoms with Gasteiger partial charge in [-0.1, -0.05) is 23.7 Å². The Morgan fingerprint density at radius 2 is 1.91 bits per heavy atom. The number of pyridine rings is 3. The monoisotopic (exact) mass is 475 g/mol. The summed E-state index contributed by atoms with van der Waals surface area (Å²) in [4.78, 5) is 30.0. The van der Waals surface area contributed by atoms with Crippen molar-refractivity contribution in [3.05, 3.63) is 71.0 Å². The number of nitrogens with zero attached hydrogens (tertiary/aromatic N) is 5. The summed E-state index contributed by atoms with van der Waals surface area (Å²) >= 11 is 6.15. The fourth-order valence-electron chi connectivity index (χ4n) is 4.11. The number of ether oxygens (including phenoxy) is 1. The fourth-order valence-corrected chi connectivity index (χ4v) is 4.25. The van der Waals surface area contributed by atoms with Crippen LogP contribution in [-0.2, 0) is 6.42 Å². The highest BCUT2D eigenvalue weighted by molar-refractivity contribution is 6.29. The van der Waals surface area contributed by atoms with Crippen molar-refractivity contribution < 1.29 is 14.6 Å². The van der Waals surface area contributed by atoms with Gasteiger partial charge in [-0.25, -0.2) is 15.0 Å². The van der Waals surface area contributed by atoms with Crippen molar-refractivity contribution in [2.24, 2.45) is 0 Å². The smallest absolute Gasteiger partial charge is 0.261 e. The number of anilines is 3. The SMILES string of the molecule is CCN1c2ncc(CCOc3cc(O)nc4ccccc34)cc2C(=O)N(C)c2ccc(Cl)nc21. The number of halogens is 1. The second-order valence-electron chi connectivity index (χ2n) is 7.89. The second kappa shape index (κ2) is 8.79. The minimum absolute atomic E-state index is 0.0954. The number of para-hydroxylation sites is 1. The van der Waals surface area contributed by atoms with Crippen molar-refractivity contribution in [2.45, 2.75) is 13.3 Å². The topological polar surface area (TPSA) is 91.7 Å². The van der Waals surface area contributed by atoms with Gasteiger partial charge in [0.25, 0.3) is 5.91 Å². The van der Waals surface area contributed by atoms with Crippen LogP contribution in [0.15, 0.2) is 54.7 Å². The number of aromatic hydroxyl groups is 1. The van der Waals surface area contributed by atoms with E-state index < -0.39 is 0 Å². The molecule has 1 aliphatic rings. The van der Waals surface area contributed by atoms with Gasteiger partial charge in [-0.2, -0.15) is 0 Å². The van der Waals surface area contributed by atoms with Crippen molar-refractivity contribution in [1.82, 2.24) is 15.0 Å². The van der Waals surface area contributed by atoms with Crippen molar-refractivity contribution >= 4 is 45.7 Å². The van der Waals surface area contributed by atoms with E-state index in [1.807, 2.05) is 42.2 Å². The molecule has 0 bridgehead atoms. The summed E-state index contributed by atoms with van der Waals surface area (Å²) in [5.41, 5.74) is 2.67. The number of benzene rings is 1. The normalized spacial score (nSPS) is 13.0. The van der Waals surface area contributed by atoms with Gasteiger partial charge in [0.2, 0.25) is 5.88 Å². The molecule has 0 atom stereocenters. The zero-order valence-electron chi connectivity index (χ0n) is 18.7. The van der Waals surface area contributed by atoms with Gasteiger partial charge in [0.05, 0.1) is 23.4 Å². The number of aromatic nitrogens is 3. The molecule has 0 spiro atoms. The van der Waals surface area contributed by atoms with Gasteiger partial charge >= 0.3 is 0 Å². The van der Waals surface area contributed by atoms with E-state index in [4.69, 9.17) is 16.3 Å². The third kappa shape index (κ3) is 3.86. The predicted octanol–water partition coefficient (Wildman–Crippen LogP) is 4.75. The molecule has 1 aliphatic heterocycles. The summed E-state index contributed by atoms with van der Waals surface area (Å²) in [6.45, 7) is 2.89. The Balaban J connectivity index is 1.42. The molecule has 1 N–H and O–H groups in total. The molecule has 9 heteroatoms. The van der Waals surface area contributed by atoms with E-state index in [2.05, 4.69) is 15.0 Å². The van der Waals surface area contributed by atoms with Crippen LogP contribution in [0.3, 0.4) is 0 Å². The molecular formula is C25H22ClN5O3. The van der Waals surface area contributed by atoms with Crippen LogP contribution in [0.4, 0.5) is 17.3 Å². The summed E-state index contributed by atoms with van der Waals surface area (Å²) in [5, 5.41) is 11.1. The quantitative estimate of drug-likeness (QED) is 0.416. The van der Waals surface area contributed by atoms with E-state index in [0.717, 1.165) is 10.9 Å². The Kier molecular flexibility index (Phi) is 5.67. The number of carbonyl (C=O) groups is 1. The molecule has 0 fully saturated rings. The molecule has 8 nitrogen and oxygen atoms in total. The van der Waals surface area contributed by atoms with E-state index in [-0.39, 0.29) is 11.8 Å². The number of hydrogen-bond acceptors (Lipinski definition) is 7. The van der Waals surface area contributed by atoms with Crippen LogP contribution >= 0.6 is 11.6 Å². The van der Waals surface area contributed by atoms with Crippen molar-refractivity contribution in [3.8, 4) is 11.6 Å². The maximum absolute atomic E-state index is 13.3. The lowest BCUT2D eigenvalue weighted by molar-refractivity contribution is 0.0994. The molecule has 34 heavy (non-hydrogen) atoms. The lowest BCUT2D eigenvalue weighted by Gasteiger charge is -2.23. The van der Waals surface area contributed by atoms with Crippen LogP contribution in [0.1, 0.15) is 22.8 Å². The number of rotatable bonds is 5. The van der Waals surface area contributed by atoms with Gasteiger partial charge in [0.1, 0.15) is 16.7 Å². The standard InChI is InChI=1S/C25H22ClN5O3/c1-3-31-23-17(25(33)30(2)19-8-9-21(26)29-24(19)31)12-15(14-27-23)10-11-34-20-13-22(32)28-18-7-5-4-6-16(18)20/h4-9,12-14H,3,10-11H2,1-2H3,(H,28,32). The Bertz CT molecular complexity index is 1410. The van der Waals surface area contributed by atoms with E-state index in [0.29, 0.717) is 58.9 Å². The minimum Gasteiger partial charge on any atom is -0.493 e. The first-order valence-corrected chi connectivity index (χ1v) is 11.3. The third-order valence-electron chi connectivity index (χ3n) is 5.78. The molecule has 0 saturated heterocycles. The van der Waals surface area contributed by atoms with Crippen LogP contribution in [-0.4, -0.2) is 46.2 Å². The highest BCUT2D eigenvalue weighted by atomic mass is 35.5. The van der Waals surface area contributed by atoms with E-state index in [9.17, 15) is 9.90 Å². The maximum Gasteiger partial charge on any atom is 0.261 e. The van der Waals surface area contributed by atoms with Gasteiger partial charge in [-0.05, 0) is 42.8 Å². The lowest BCUT2D eigenvalue weighted by atomic mass is 10.1. The Hall–Kier alpha value is -3.91. The van der Waals surface area contributed by atoms with Gasteiger partial charge in [0, 0.05) is 37.7 Å². The summed E-state index contributed by atoms with van der Waals surface area (Å²) in [5.74, 6) is 1.43. The second-order valence-corrected chi connectivity index (χ2v) is 8.28. The van der Waals surface area contributed by atoms with Crippen molar-refractivity contribution in [2.75, 3.05) is 30.0 Å². The average molecular weight is 476 g/mol. The van der Waals surface area contributed by atoms with Crippen molar-refractivity contribution in [1.29, 1.82) is 0 Å². The largest absolute Gasteiger partial charge is 0.493 e. The first-order valence-electron chi connectivity index (χ1n) is 10.9. The summed E-state index contributed by atoms with van der Waals surface area (Å²) in [6.07, 6.45) is 2.27. The minimum atomic E-state index is -0.170. The molecule has 0 saturated carbocycles. The summed E-state index contributed by atoms with van der Waals surface area (Å²) in [7, 11) is 1.72. The fraction of sp³-hybridized carbons (Fsp3) is 0.200. The van der Waals surface area contributed by atoms with E-state index in [1.54, 1.807) is 30.3 Å². The molecule has 5 rings (SSSR count). The highest BCUT2D eigenvalue weighted by Gasteiger charge is 2.31. The average Bonchev–Trinajstić information content (AvgIpc) is 2.92. The zero-order chi connectivity index (χ0) is 23.8. The molecule has 1 amide bonds. The van der Waals surface area contributed by atoms with Crippen LogP contribution in [0.5, 0.6) is 11.6 Å². The van der Waals surface area contributed by atoms with Crippen LogP contribution in [0.2, 0.25) is 5.15 Å². The molecule has 3 aromatic heterocycles. The Morgan fingerprint density at radius 3 is 2.74 bits per heavy atom. The number of fused-ring (bicyclic) bond motifs is 3. The van der Waals surface area contributed by atoms with E-state index >= 15 is 0 Å². The van der Waals surface area contributed by atoms with Gasteiger partial charge in [0.15, 0.2) is 5.82 Å². The number of amides is 1. The summed E-state index contributed by atoms with van der Waals surface area (Å²) in [6, 6.07) is 14.3. The van der Waals surface area contributed by atoms with Gasteiger partial charge in [-0.3, -0.25) is 4.79 Å². The molecule has 1 aromatic carbocycles. The van der Waals surface area contributed by atoms with Crippen molar-refractivity contribution in [3.63, 3.8) is 0 Å². The maximum atomic E-state index is 13.3. The lowest BCUT2D eigenvalue weighted by Crippen LogP contribution is -2.25. The molecule has 0 radical (unpaired) electrons. The Labute approximate surface area is 201 Å². The van der Waals surface area contributed by atoms with Gasteiger partial charge in [-0.15, -0.1) is 0 Å². The highest BCUT2D eigenvalue weighted by Crippen LogP contribution is 2.38. The Morgan fingerprint density at radius 1 is 1.09 bits per heavy atom. The van der Waals surface area contributed by atoms with Crippen LogP contribution in [0, 0.1) is 0 Å². The molecule has 4 heterocycles. The zero-order valence-corrected chi connectivity index (χ0v) is 19.5. The molecular weight excluding hydrogens is 454 g/mol.